The average Bonchev–Trinajstić information content (AvgIpc) is 2.89. The molecule has 4 aromatic rings. The third-order valence-electron chi connectivity index (χ3n) is 5.69. The van der Waals surface area contributed by atoms with Gasteiger partial charge in [-0.25, -0.2) is 4.79 Å². The molecule has 37 heavy (non-hydrogen) atoms. The van der Waals surface area contributed by atoms with Gasteiger partial charge in [0.2, 0.25) is 0 Å². The summed E-state index contributed by atoms with van der Waals surface area (Å²) in [5, 5.41) is 0. The van der Waals surface area contributed by atoms with Crippen LogP contribution < -0.4 is 14.4 Å². The zero-order chi connectivity index (χ0) is 26.2. The number of ether oxygens (including phenoxy) is 3. The molecule has 5 nitrogen and oxygen atoms in total. The summed E-state index contributed by atoms with van der Waals surface area (Å²) in [6.45, 7) is 7.79. The summed E-state index contributed by atoms with van der Waals surface area (Å²) in [6.07, 6.45) is -0.209. The van der Waals surface area contributed by atoms with Crippen LogP contribution in [0.4, 0.5) is 11.4 Å². The van der Waals surface area contributed by atoms with E-state index in [0.717, 1.165) is 22.9 Å². The Morgan fingerprint density at radius 3 is 1.30 bits per heavy atom. The fraction of sp³-hybridized carbons (Fsp3) is 0.219. The molecule has 5 heteroatoms. The third-order valence-corrected chi connectivity index (χ3v) is 5.69. The van der Waals surface area contributed by atoms with Crippen molar-refractivity contribution in [2.45, 2.75) is 39.8 Å². The number of esters is 1. The van der Waals surface area contributed by atoms with Gasteiger partial charge in [0, 0.05) is 11.4 Å². The molecule has 1 unspecified atom stereocenters. The van der Waals surface area contributed by atoms with E-state index in [-0.39, 0.29) is 18.0 Å². The molecule has 0 aliphatic carbocycles. The van der Waals surface area contributed by atoms with Crippen molar-refractivity contribution in [3.05, 3.63) is 109 Å². The van der Waals surface area contributed by atoms with Crippen LogP contribution in [0.15, 0.2) is 109 Å². The number of carbonyl (C=O) groups is 1. The first kappa shape index (κ1) is 25.8. The summed E-state index contributed by atoms with van der Waals surface area (Å²) < 4.78 is 17.6. The first-order chi connectivity index (χ1) is 17.9. The number of anilines is 2. The van der Waals surface area contributed by atoms with E-state index in [0.29, 0.717) is 11.5 Å². The lowest BCUT2D eigenvalue weighted by atomic mass is 10.0. The highest BCUT2D eigenvalue weighted by Gasteiger charge is 2.32. The summed E-state index contributed by atoms with van der Waals surface area (Å²) in [6, 6.07) is 34.3. The first-order valence-corrected chi connectivity index (χ1v) is 12.6. The van der Waals surface area contributed by atoms with Gasteiger partial charge < -0.3 is 19.1 Å². The zero-order valence-electron chi connectivity index (χ0n) is 21.7. The Kier molecular flexibility index (Phi) is 8.47. The minimum atomic E-state index is -0.524. The highest BCUT2D eigenvalue weighted by molar-refractivity contribution is 5.84. The average molecular weight is 496 g/mol. The molecule has 4 rings (SSSR count). The van der Waals surface area contributed by atoms with Crippen molar-refractivity contribution in [1.82, 2.24) is 0 Å². The first-order valence-electron chi connectivity index (χ1n) is 12.6. The maximum atomic E-state index is 13.3. The maximum Gasteiger partial charge on any atom is 0.329 e. The lowest BCUT2D eigenvalue weighted by Crippen LogP contribution is -2.44. The molecule has 1 atom stereocenters. The highest BCUT2D eigenvalue weighted by atomic mass is 16.5. The van der Waals surface area contributed by atoms with E-state index in [9.17, 15) is 4.79 Å². The van der Waals surface area contributed by atoms with Crippen LogP contribution >= 0.6 is 0 Å². The molecule has 0 aliphatic heterocycles. The summed E-state index contributed by atoms with van der Waals surface area (Å²) in [5.41, 5.74) is 1.72. The van der Waals surface area contributed by atoms with Crippen molar-refractivity contribution in [1.29, 1.82) is 0 Å². The number of carbonyl (C=O) groups excluding carboxylic acids is 1. The second-order valence-corrected chi connectivity index (χ2v) is 9.36. The summed E-state index contributed by atoms with van der Waals surface area (Å²) in [7, 11) is 0. The van der Waals surface area contributed by atoms with Crippen molar-refractivity contribution < 1.29 is 19.0 Å². The molecule has 0 aromatic heterocycles. The molecule has 0 bridgehead atoms. The van der Waals surface area contributed by atoms with Gasteiger partial charge in [-0.05, 0) is 92.6 Å². The molecule has 0 spiro atoms. The van der Waals surface area contributed by atoms with E-state index in [1.54, 1.807) is 0 Å². The second kappa shape index (κ2) is 12.1. The van der Waals surface area contributed by atoms with Crippen molar-refractivity contribution >= 4 is 17.3 Å². The fourth-order valence-electron chi connectivity index (χ4n) is 4.05. The van der Waals surface area contributed by atoms with E-state index < -0.39 is 6.04 Å². The van der Waals surface area contributed by atoms with Gasteiger partial charge in [-0.2, -0.15) is 0 Å². The molecular weight excluding hydrogens is 462 g/mol. The molecule has 0 amide bonds. The third kappa shape index (κ3) is 6.91. The highest BCUT2D eigenvalue weighted by Crippen LogP contribution is 2.35. The van der Waals surface area contributed by atoms with Crippen molar-refractivity contribution in [3.8, 4) is 23.0 Å². The quantitative estimate of drug-likeness (QED) is 0.207. The molecular formula is C32H33NO4. The molecule has 190 valence electrons. The number of hydrogen-bond donors (Lipinski definition) is 0. The van der Waals surface area contributed by atoms with Gasteiger partial charge in [-0.3, -0.25) is 0 Å². The number of rotatable bonds is 10. The molecule has 0 saturated heterocycles. The van der Waals surface area contributed by atoms with Crippen LogP contribution in [0.25, 0.3) is 0 Å². The Bertz CT molecular complexity index is 1170. The zero-order valence-corrected chi connectivity index (χ0v) is 21.7. The van der Waals surface area contributed by atoms with Crippen molar-refractivity contribution in [2.75, 3.05) is 4.90 Å². The van der Waals surface area contributed by atoms with E-state index in [4.69, 9.17) is 14.2 Å². The van der Waals surface area contributed by atoms with Crippen LogP contribution in [-0.4, -0.2) is 18.1 Å². The van der Waals surface area contributed by atoms with Gasteiger partial charge in [0.05, 0.1) is 6.10 Å². The Morgan fingerprint density at radius 1 is 0.568 bits per heavy atom. The van der Waals surface area contributed by atoms with Crippen molar-refractivity contribution in [3.63, 3.8) is 0 Å². The predicted octanol–water partition coefficient (Wildman–Crippen LogP) is 8.39. The monoisotopic (exact) mass is 495 g/mol. The van der Waals surface area contributed by atoms with E-state index >= 15 is 0 Å². The lowest BCUT2D eigenvalue weighted by molar-refractivity contribution is -0.149. The Balaban J connectivity index is 1.66. The minimum absolute atomic E-state index is 0.00765. The summed E-state index contributed by atoms with van der Waals surface area (Å²) >= 11 is 0. The van der Waals surface area contributed by atoms with Crippen LogP contribution in [0.3, 0.4) is 0 Å². The Morgan fingerprint density at radius 2 is 0.946 bits per heavy atom. The molecule has 0 heterocycles. The lowest BCUT2D eigenvalue weighted by Gasteiger charge is -2.35. The minimum Gasteiger partial charge on any atom is -0.461 e. The predicted molar refractivity (Wildman–Crippen MR) is 148 cm³/mol. The number of nitrogens with zero attached hydrogens (tertiary/aromatic N) is 1. The molecule has 0 fully saturated rings. The van der Waals surface area contributed by atoms with E-state index in [1.807, 2.05) is 142 Å². The standard InChI is InChI=1S/C32H33NO4/c1-23(2)31(32(34)35-24(3)4)33(25-15-19-29(20-16-25)36-27-11-7-5-8-12-27)26-17-21-30(22-18-26)37-28-13-9-6-10-14-28/h5-24,31H,1-4H3. The molecule has 0 saturated carbocycles. The van der Waals surface area contributed by atoms with Crippen LogP contribution in [-0.2, 0) is 9.53 Å². The van der Waals surface area contributed by atoms with Crippen LogP contribution in [0, 0.1) is 5.92 Å². The van der Waals surface area contributed by atoms with Gasteiger partial charge in [-0.15, -0.1) is 0 Å². The number of para-hydroxylation sites is 2. The Hall–Kier alpha value is -4.25. The van der Waals surface area contributed by atoms with Crippen LogP contribution in [0.1, 0.15) is 27.7 Å². The van der Waals surface area contributed by atoms with Gasteiger partial charge >= 0.3 is 5.97 Å². The molecule has 0 aliphatic rings. The van der Waals surface area contributed by atoms with Gasteiger partial charge in [-0.1, -0.05) is 50.2 Å². The van der Waals surface area contributed by atoms with Gasteiger partial charge in [0.15, 0.2) is 0 Å². The van der Waals surface area contributed by atoms with Crippen LogP contribution in [0.2, 0.25) is 0 Å². The molecule has 0 N–H and O–H groups in total. The Labute approximate surface area is 219 Å². The topological polar surface area (TPSA) is 48.0 Å². The van der Waals surface area contributed by atoms with Crippen LogP contribution in [0.5, 0.6) is 23.0 Å². The van der Waals surface area contributed by atoms with E-state index in [1.165, 1.54) is 0 Å². The summed E-state index contributed by atoms with van der Waals surface area (Å²) in [5.74, 6) is 2.69. The normalized spacial score (nSPS) is 11.7. The molecule has 4 aromatic carbocycles. The van der Waals surface area contributed by atoms with E-state index in [2.05, 4.69) is 0 Å². The SMILES string of the molecule is CC(C)OC(=O)C(C(C)C)N(c1ccc(Oc2ccccc2)cc1)c1ccc(Oc2ccccc2)cc1. The second-order valence-electron chi connectivity index (χ2n) is 9.36. The largest absolute Gasteiger partial charge is 0.461 e. The fourth-order valence-corrected chi connectivity index (χ4v) is 4.05. The van der Waals surface area contributed by atoms with Gasteiger partial charge in [0.25, 0.3) is 0 Å². The number of benzene rings is 4. The smallest absolute Gasteiger partial charge is 0.329 e. The van der Waals surface area contributed by atoms with Crippen molar-refractivity contribution in [2.24, 2.45) is 5.92 Å². The maximum absolute atomic E-state index is 13.3. The number of hydrogen-bond acceptors (Lipinski definition) is 5. The molecule has 0 radical (unpaired) electrons. The summed E-state index contributed by atoms with van der Waals surface area (Å²) in [4.78, 5) is 15.3. The van der Waals surface area contributed by atoms with Gasteiger partial charge in [0.1, 0.15) is 29.0 Å².